The van der Waals surface area contributed by atoms with E-state index in [-0.39, 0.29) is 30.5 Å². The molecule has 0 radical (unpaired) electrons. The Morgan fingerprint density at radius 3 is 2.61 bits per heavy atom. The summed E-state index contributed by atoms with van der Waals surface area (Å²) in [5.41, 5.74) is 3.22. The third-order valence-electron chi connectivity index (χ3n) is 10.7. The molecule has 4 amide bonds. The molecule has 1 aliphatic carbocycles. The number of aromatic nitrogens is 6. The van der Waals surface area contributed by atoms with E-state index in [0.29, 0.717) is 73.0 Å². The molecule has 2 aliphatic heterocycles. The van der Waals surface area contributed by atoms with Crippen LogP contribution < -0.4 is 21.3 Å². The molecule has 56 heavy (non-hydrogen) atoms. The van der Waals surface area contributed by atoms with Crippen LogP contribution >= 0.6 is 11.6 Å². The maximum atomic E-state index is 13.3. The highest BCUT2D eigenvalue weighted by atomic mass is 35.5. The third kappa shape index (κ3) is 8.70. The molecule has 4 N–H and O–H groups in total. The van der Waals surface area contributed by atoms with Gasteiger partial charge < -0.3 is 25.4 Å². The topological polar surface area (TPSA) is 199 Å². The Labute approximate surface area is 329 Å². The lowest BCUT2D eigenvalue weighted by atomic mass is 9.99. The van der Waals surface area contributed by atoms with Gasteiger partial charge in [0.05, 0.1) is 63.0 Å². The molecule has 7 rings (SSSR count). The standard InChI is InChI=1S/C38H48ClN11O6/c1-3-23(4-2)30-19-32(50-35(44-30)28(39)21-42-50)43-25-9-8-24(18-25)40-12-14-55-16-17-56-15-13-48-22-26(46-47-48)20-41-29-7-5-6-27-34(29)38(54)49(37(27)53)31-10-11-33(51)45-36(31)52/h5-7,19,21-25,31,40-41,43H,3-4,8-18,20H2,1-2H3,(H,45,51,52)/t24-,25-,31?/m0/s1. The number of nitrogens with one attached hydrogen (secondary N) is 4. The zero-order valence-electron chi connectivity index (χ0n) is 31.6. The van der Waals surface area contributed by atoms with E-state index in [9.17, 15) is 19.2 Å². The fourth-order valence-electron chi connectivity index (χ4n) is 7.67. The first kappa shape index (κ1) is 39.3. The summed E-state index contributed by atoms with van der Waals surface area (Å²) in [7, 11) is 0. The van der Waals surface area contributed by atoms with Gasteiger partial charge in [-0.15, -0.1) is 5.10 Å². The number of rotatable bonds is 19. The molecular formula is C38H48ClN11O6. The number of benzene rings is 1. The van der Waals surface area contributed by atoms with E-state index in [1.165, 1.54) is 0 Å². The molecule has 1 saturated carbocycles. The second-order valence-electron chi connectivity index (χ2n) is 14.3. The van der Waals surface area contributed by atoms with E-state index in [1.807, 2.05) is 4.52 Å². The molecule has 3 aromatic heterocycles. The van der Waals surface area contributed by atoms with Gasteiger partial charge in [0.1, 0.15) is 22.6 Å². The predicted octanol–water partition coefficient (Wildman–Crippen LogP) is 3.55. The van der Waals surface area contributed by atoms with Crippen LogP contribution in [0.3, 0.4) is 0 Å². The average Bonchev–Trinajstić information content (AvgIpc) is 3.98. The molecule has 0 bridgehead atoms. The summed E-state index contributed by atoms with van der Waals surface area (Å²) in [5, 5.41) is 26.1. The van der Waals surface area contributed by atoms with Gasteiger partial charge in [-0.1, -0.05) is 36.7 Å². The predicted molar refractivity (Wildman–Crippen MR) is 206 cm³/mol. The SMILES string of the molecule is CCC(CC)c1cc(N[C@H]2CC[C@H](NCCOCCOCCn3cc(CNc4cccc5c4C(=O)N(C4CCC(=O)NC4=O)C5=O)nn3)C2)n2ncc(Cl)c2n1. The fraction of sp³-hybridized carbons (Fsp3) is 0.526. The number of imide groups is 2. The molecule has 2 fully saturated rings. The highest BCUT2D eigenvalue weighted by Gasteiger charge is 2.45. The number of amides is 4. The first-order valence-corrected chi connectivity index (χ1v) is 19.8. The maximum Gasteiger partial charge on any atom is 0.264 e. The molecule has 0 spiro atoms. The summed E-state index contributed by atoms with van der Waals surface area (Å²) in [5.74, 6) is -0.880. The van der Waals surface area contributed by atoms with Crippen molar-refractivity contribution in [3.63, 3.8) is 0 Å². The zero-order valence-corrected chi connectivity index (χ0v) is 32.4. The highest BCUT2D eigenvalue weighted by Crippen LogP contribution is 2.33. The van der Waals surface area contributed by atoms with E-state index in [2.05, 4.69) is 56.6 Å². The van der Waals surface area contributed by atoms with Crippen LogP contribution in [0.1, 0.15) is 96.8 Å². The molecule has 1 saturated heterocycles. The van der Waals surface area contributed by atoms with Crippen LogP contribution in [0.15, 0.2) is 36.7 Å². The number of nitrogens with zero attached hydrogens (tertiary/aromatic N) is 7. The van der Waals surface area contributed by atoms with E-state index in [0.717, 1.165) is 55.1 Å². The van der Waals surface area contributed by atoms with E-state index < -0.39 is 29.7 Å². The van der Waals surface area contributed by atoms with Crippen LogP contribution in [-0.4, -0.2) is 109 Å². The Kier molecular flexibility index (Phi) is 12.5. The highest BCUT2D eigenvalue weighted by molar-refractivity contribution is 6.33. The summed E-state index contributed by atoms with van der Waals surface area (Å²) in [6.45, 7) is 7.84. The summed E-state index contributed by atoms with van der Waals surface area (Å²) in [6.07, 6.45) is 8.77. The van der Waals surface area contributed by atoms with Gasteiger partial charge in [-0.25, -0.2) is 9.67 Å². The van der Waals surface area contributed by atoms with E-state index in [4.69, 9.17) is 26.1 Å². The lowest BCUT2D eigenvalue weighted by Gasteiger charge is -2.27. The quantitative estimate of drug-likeness (QED) is 0.0796. The molecule has 17 nitrogen and oxygen atoms in total. The lowest BCUT2D eigenvalue weighted by Crippen LogP contribution is -2.54. The van der Waals surface area contributed by atoms with Crippen molar-refractivity contribution in [3.8, 4) is 0 Å². The molecular weight excluding hydrogens is 742 g/mol. The first-order chi connectivity index (χ1) is 27.2. The molecule has 1 unspecified atom stereocenters. The van der Waals surface area contributed by atoms with Gasteiger partial charge in [-0.3, -0.25) is 29.4 Å². The van der Waals surface area contributed by atoms with Gasteiger partial charge in [0, 0.05) is 48.4 Å². The summed E-state index contributed by atoms with van der Waals surface area (Å²) in [4.78, 5) is 56.2. The number of fused-ring (bicyclic) bond motifs is 2. The second-order valence-corrected chi connectivity index (χ2v) is 14.7. The molecule has 5 heterocycles. The average molecular weight is 790 g/mol. The maximum absolute atomic E-state index is 13.3. The Balaban J connectivity index is 0.772. The van der Waals surface area contributed by atoms with Crippen molar-refractivity contribution in [3.05, 3.63) is 64.2 Å². The van der Waals surface area contributed by atoms with Crippen molar-refractivity contribution in [2.45, 2.75) is 95.9 Å². The van der Waals surface area contributed by atoms with E-state index >= 15 is 0 Å². The van der Waals surface area contributed by atoms with Gasteiger partial charge in [-0.2, -0.15) is 9.61 Å². The zero-order chi connectivity index (χ0) is 39.2. The largest absolute Gasteiger partial charge is 0.379 e. The van der Waals surface area contributed by atoms with Gasteiger partial charge in [0.15, 0.2) is 5.65 Å². The number of hydrogen-bond donors (Lipinski definition) is 4. The lowest BCUT2D eigenvalue weighted by molar-refractivity contribution is -0.136. The molecule has 3 aliphatic rings. The van der Waals surface area contributed by atoms with Crippen LogP contribution in [0, 0.1) is 0 Å². The van der Waals surface area contributed by atoms with Crippen molar-refractivity contribution in [2.24, 2.45) is 0 Å². The minimum atomic E-state index is -1.03. The van der Waals surface area contributed by atoms with Crippen LogP contribution in [0.25, 0.3) is 5.65 Å². The van der Waals surface area contributed by atoms with Gasteiger partial charge >= 0.3 is 0 Å². The number of halogens is 1. The van der Waals surface area contributed by atoms with Gasteiger partial charge in [0.25, 0.3) is 11.8 Å². The molecule has 298 valence electrons. The van der Waals surface area contributed by atoms with Crippen LogP contribution in [-0.2, 0) is 32.2 Å². The Hall–Kier alpha value is -4.97. The van der Waals surface area contributed by atoms with Crippen molar-refractivity contribution < 1.29 is 28.7 Å². The van der Waals surface area contributed by atoms with Gasteiger partial charge in [0.2, 0.25) is 11.8 Å². The normalized spacial score (nSPS) is 19.7. The molecule has 1 aromatic carbocycles. The number of carbonyl (C=O) groups excluding carboxylic acids is 4. The van der Waals surface area contributed by atoms with Crippen LogP contribution in [0.4, 0.5) is 11.5 Å². The monoisotopic (exact) mass is 789 g/mol. The number of anilines is 2. The molecule has 3 atom stereocenters. The fourth-order valence-corrected chi connectivity index (χ4v) is 7.84. The smallest absolute Gasteiger partial charge is 0.264 e. The molecule has 4 aromatic rings. The summed E-state index contributed by atoms with van der Waals surface area (Å²) in [6, 6.07) is 6.75. The molecule has 18 heteroatoms. The first-order valence-electron chi connectivity index (χ1n) is 19.4. The summed E-state index contributed by atoms with van der Waals surface area (Å²) >= 11 is 6.42. The van der Waals surface area contributed by atoms with E-state index in [1.54, 1.807) is 35.3 Å². The minimum Gasteiger partial charge on any atom is -0.379 e. The van der Waals surface area contributed by atoms with Crippen LogP contribution in [0.2, 0.25) is 5.02 Å². The Bertz CT molecular complexity index is 2070. The third-order valence-corrected chi connectivity index (χ3v) is 10.9. The van der Waals surface area contributed by atoms with Crippen molar-refractivity contribution in [2.75, 3.05) is 43.6 Å². The Morgan fingerprint density at radius 1 is 1.00 bits per heavy atom. The number of hydrogen-bond acceptors (Lipinski definition) is 13. The van der Waals surface area contributed by atoms with Crippen molar-refractivity contribution in [1.29, 1.82) is 0 Å². The Morgan fingerprint density at radius 2 is 1.80 bits per heavy atom. The van der Waals surface area contributed by atoms with Gasteiger partial charge in [-0.05, 0) is 50.7 Å². The number of carbonyl (C=O) groups is 4. The van der Waals surface area contributed by atoms with Crippen LogP contribution in [0.5, 0.6) is 0 Å². The van der Waals surface area contributed by atoms with Crippen molar-refractivity contribution in [1.82, 2.24) is 45.1 Å². The van der Waals surface area contributed by atoms with Crippen molar-refractivity contribution >= 4 is 52.4 Å². The minimum absolute atomic E-state index is 0.0593. The summed E-state index contributed by atoms with van der Waals surface area (Å²) < 4.78 is 15.0. The number of piperidine rings is 1. The second kappa shape index (κ2) is 17.9. The number of ether oxygens (including phenoxy) is 2.